The van der Waals surface area contributed by atoms with Crippen molar-refractivity contribution in [3.05, 3.63) is 88.5 Å². The number of hydrogen-bond acceptors (Lipinski definition) is 0. The molecule has 0 bridgehead atoms. The summed E-state index contributed by atoms with van der Waals surface area (Å²) in [5.41, 5.74) is 13.2. The second-order valence-corrected chi connectivity index (χ2v) is 9.56. The van der Waals surface area contributed by atoms with E-state index in [0.717, 1.165) is 6.42 Å². The lowest BCUT2D eigenvalue weighted by molar-refractivity contribution is -0.633. The van der Waals surface area contributed by atoms with E-state index >= 15 is 0 Å². The van der Waals surface area contributed by atoms with Crippen molar-refractivity contribution in [2.45, 2.75) is 48.0 Å². The van der Waals surface area contributed by atoms with Crippen LogP contribution in [0.15, 0.2) is 60.7 Å². The maximum Gasteiger partial charge on any atom is 0.213 e. The molecule has 0 atom stereocenters. The van der Waals surface area contributed by atoms with Crippen molar-refractivity contribution >= 4 is 10.9 Å². The van der Waals surface area contributed by atoms with Crippen molar-refractivity contribution in [3.8, 4) is 22.4 Å². The molecule has 1 nitrogen and oxygen atoms in total. The van der Waals surface area contributed by atoms with Crippen molar-refractivity contribution < 1.29 is 4.57 Å². The first-order chi connectivity index (χ1) is 14.7. The van der Waals surface area contributed by atoms with Crippen LogP contribution in [0.5, 0.6) is 0 Å². The first-order valence-corrected chi connectivity index (χ1v) is 11.4. The average Bonchev–Trinajstić information content (AvgIpc) is 2.73. The topological polar surface area (TPSA) is 3.88 Å². The van der Waals surface area contributed by atoms with Crippen molar-refractivity contribution in [2.75, 3.05) is 0 Å². The van der Waals surface area contributed by atoms with Crippen LogP contribution in [0.1, 0.15) is 41.7 Å². The largest absolute Gasteiger partial charge is 0.213 e. The van der Waals surface area contributed by atoms with Gasteiger partial charge in [-0.1, -0.05) is 61.4 Å². The summed E-state index contributed by atoms with van der Waals surface area (Å²) < 4.78 is 2.39. The van der Waals surface area contributed by atoms with Crippen LogP contribution in [0.3, 0.4) is 0 Å². The van der Waals surface area contributed by atoms with Crippen LogP contribution in [0.25, 0.3) is 33.3 Å². The zero-order chi connectivity index (χ0) is 22.3. The Labute approximate surface area is 187 Å². The molecule has 0 fully saturated rings. The van der Waals surface area contributed by atoms with E-state index in [-0.39, 0.29) is 0 Å². The van der Waals surface area contributed by atoms with E-state index in [9.17, 15) is 0 Å². The maximum atomic E-state index is 2.43. The summed E-state index contributed by atoms with van der Waals surface area (Å²) in [6.07, 6.45) is 1.08. The van der Waals surface area contributed by atoms with Crippen LogP contribution in [0.2, 0.25) is 0 Å². The SMILES string of the molecule is Cc1ccc(-c2ccc3c(CC(C)C)cc(-c4cc(C)cc(C)c4C)[n+](C)c3c2)cc1. The number of hydrogen-bond donors (Lipinski definition) is 0. The Balaban J connectivity index is 2.01. The second kappa shape index (κ2) is 8.30. The van der Waals surface area contributed by atoms with E-state index in [1.807, 2.05) is 0 Å². The van der Waals surface area contributed by atoms with Gasteiger partial charge in [0.25, 0.3) is 0 Å². The Bertz CT molecular complexity index is 1260. The van der Waals surface area contributed by atoms with Gasteiger partial charge in [-0.25, -0.2) is 0 Å². The molecule has 1 heterocycles. The van der Waals surface area contributed by atoms with Gasteiger partial charge < -0.3 is 0 Å². The Kier molecular flexibility index (Phi) is 5.71. The first kappa shape index (κ1) is 21.3. The molecule has 0 saturated carbocycles. The normalized spacial score (nSPS) is 11.5. The Morgan fingerprint density at radius 3 is 2.10 bits per heavy atom. The Morgan fingerprint density at radius 1 is 0.742 bits per heavy atom. The molecule has 0 unspecified atom stereocenters. The van der Waals surface area contributed by atoms with Gasteiger partial charge >= 0.3 is 0 Å². The van der Waals surface area contributed by atoms with Crippen molar-refractivity contribution in [1.29, 1.82) is 0 Å². The van der Waals surface area contributed by atoms with Crippen molar-refractivity contribution in [1.82, 2.24) is 0 Å². The van der Waals surface area contributed by atoms with Crippen LogP contribution in [0.4, 0.5) is 0 Å². The molecule has 0 radical (unpaired) electrons. The smallest absolute Gasteiger partial charge is 0.194 e. The molecule has 1 aromatic heterocycles. The molecule has 0 spiro atoms. The minimum atomic E-state index is 0.612. The highest BCUT2D eigenvalue weighted by Gasteiger charge is 2.21. The average molecular weight is 409 g/mol. The number of rotatable bonds is 4. The monoisotopic (exact) mass is 408 g/mol. The molecule has 3 aromatic carbocycles. The van der Waals surface area contributed by atoms with Gasteiger partial charge in [0.1, 0.15) is 7.05 Å². The Hall–Kier alpha value is -2.93. The van der Waals surface area contributed by atoms with Gasteiger partial charge in [-0.2, -0.15) is 4.57 Å². The van der Waals surface area contributed by atoms with E-state index < -0.39 is 0 Å². The molecule has 0 amide bonds. The summed E-state index contributed by atoms with van der Waals surface area (Å²) in [4.78, 5) is 0. The summed E-state index contributed by atoms with van der Waals surface area (Å²) in [6, 6.07) is 22.8. The third-order valence-electron chi connectivity index (χ3n) is 6.48. The van der Waals surface area contributed by atoms with Gasteiger partial charge in [0.15, 0.2) is 0 Å². The van der Waals surface area contributed by atoms with Gasteiger partial charge in [-0.15, -0.1) is 0 Å². The molecule has 0 saturated heterocycles. The summed E-state index contributed by atoms with van der Waals surface area (Å²) in [7, 11) is 2.22. The second-order valence-electron chi connectivity index (χ2n) is 9.56. The van der Waals surface area contributed by atoms with Crippen LogP contribution >= 0.6 is 0 Å². The molecule has 0 aliphatic heterocycles. The highest BCUT2D eigenvalue weighted by Crippen LogP contribution is 2.31. The zero-order valence-corrected chi connectivity index (χ0v) is 20.0. The van der Waals surface area contributed by atoms with E-state index in [0.29, 0.717) is 5.92 Å². The van der Waals surface area contributed by atoms with Crippen LogP contribution in [-0.4, -0.2) is 0 Å². The third kappa shape index (κ3) is 4.14. The lowest BCUT2D eigenvalue weighted by Crippen LogP contribution is -2.33. The highest BCUT2D eigenvalue weighted by molar-refractivity contribution is 5.86. The van der Waals surface area contributed by atoms with Crippen LogP contribution in [-0.2, 0) is 13.5 Å². The number of pyridine rings is 1. The molecule has 1 heteroatoms. The van der Waals surface area contributed by atoms with E-state index in [2.05, 4.69) is 114 Å². The molecule has 31 heavy (non-hydrogen) atoms. The molecule has 158 valence electrons. The summed E-state index contributed by atoms with van der Waals surface area (Å²) in [5, 5.41) is 1.36. The highest BCUT2D eigenvalue weighted by atomic mass is 14.9. The maximum absolute atomic E-state index is 2.43. The van der Waals surface area contributed by atoms with Gasteiger partial charge in [0.2, 0.25) is 11.2 Å². The minimum absolute atomic E-state index is 0.612. The van der Waals surface area contributed by atoms with E-state index in [1.54, 1.807) is 0 Å². The minimum Gasteiger partial charge on any atom is -0.194 e. The first-order valence-electron chi connectivity index (χ1n) is 11.4. The fourth-order valence-corrected chi connectivity index (χ4v) is 4.65. The van der Waals surface area contributed by atoms with Crippen molar-refractivity contribution in [2.24, 2.45) is 13.0 Å². The molecule has 4 aromatic rings. The summed E-state index contributed by atoms with van der Waals surface area (Å²) >= 11 is 0. The number of benzene rings is 3. The van der Waals surface area contributed by atoms with Gasteiger partial charge in [0.05, 0.1) is 0 Å². The molecular formula is C30H34N+. The third-order valence-corrected chi connectivity index (χ3v) is 6.48. The van der Waals surface area contributed by atoms with Gasteiger partial charge in [-0.3, -0.25) is 0 Å². The quantitative estimate of drug-likeness (QED) is 0.309. The zero-order valence-electron chi connectivity index (χ0n) is 20.0. The van der Waals surface area contributed by atoms with E-state index in [1.165, 1.54) is 61.1 Å². The molecule has 0 aliphatic rings. The van der Waals surface area contributed by atoms with Crippen LogP contribution < -0.4 is 4.57 Å². The number of aromatic nitrogens is 1. The lowest BCUT2D eigenvalue weighted by atomic mass is 9.92. The predicted molar refractivity (Wildman–Crippen MR) is 133 cm³/mol. The fraction of sp³-hybridized carbons (Fsp3) is 0.300. The molecule has 0 aliphatic carbocycles. The molecular weight excluding hydrogens is 374 g/mol. The number of fused-ring (bicyclic) bond motifs is 1. The number of aryl methyl sites for hydroxylation is 4. The number of nitrogens with zero attached hydrogens (tertiary/aromatic N) is 1. The Morgan fingerprint density at radius 2 is 1.42 bits per heavy atom. The summed E-state index contributed by atoms with van der Waals surface area (Å²) in [5.74, 6) is 0.612. The van der Waals surface area contributed by atoms with Crippen molar-refractivity contribution in [3.63, 3.8) is 0 Å². The fourth-order valence-electron chi connectivity index (χ4n) is 4.65. The summed E-state index contributed by atoms with van der Waals surface area (Å²) in [6.45, 7) is 13.4. The van der Waals surface area contributed by atoms with Gasteiger partial charge in [-0.05, 0) is 80.0 Å². The van der Waals surface area contributed by atoms with E-state index in [4.69, 9.17) is 0 Å². The lowest BCUT2D eigenvalue weighted by Gasteiger charge is -2.15. The molecule has 4 rings (SSSR count). The van der Waals surface area contributed by atoms with Crippen LogP contribution in [0, 0.1) is 33.6 Å². The molecule has 0 N–H and O–H groups in total. The standard InChI is InChI=1S/C30H34N/c1-19(2)14-26-18-30(28-16-21(4)15-22(5)23(28)6)31(7)29-17-25(12-13-27(26)29)24-10-8-20(3)9-11-24/h8-13,15-19H,14H2,1-7H3/q+1. The van der Waals surface area contributed by atoms with Gasteiger partial charge in [0, 0.05) is 23.1 Å². The predicted octanol–water partition coefficient (Wildman–Crippen LogP) is 7.43.